The summed E-state index contributed by atoms with van der Waals surface area (Å²) in [7, 11) is 4.07. The summed E-state index contributed by atoms with van der Waals surface area (Å²) in [6, 6.07) is 0. The zero-order valence-corrected chi connectivity index (χ0v) is 14.1. The molecule has 3 rings (SSSR count). The fourth-order valence-corrected chi connectivity index (χ4v) is 3.34. The highest BCUT2D eigenvalue weighted by Crippen LogP contribution is 2.33. The van der Waals surface area contributed by atoms with Crippen molar-refractivity contribution in [3.8, 4) is 0 Å². The second-order valence-corrected chi connectivity index (χ2v) is 6.34. The Morgan fingerprint density at radius 3 is 2.71 bits per heavy atom. The Balaban J connectivity index is 2.02. The summed E-state index contributed by atoms with van der Waals surface area (Å²) < 4.78 is 1.10. The van der Waals surface area contributed by atoms with E-state index in [9.17, 15) is 0 Å². The Morgan fingerprint density at radius 1 is 1.19 bits per heavy atom. The second-order valence-electron chi connectivity index (χ2n) is 5.48. The van der Waals surface area contributed by atoms with E-state index in [1.165, 1.54) is 11.1 Å². The third-order valence-electron chi connectivity index (χ3n) is 3.79. The highest BCUT2D eigenvalue weighted by molar-refractivity contribution is 9.10. The minimum atomic E-state index is 0.827. The molecule has 2 aromatic rings. The van der Waals surface area contributed by atoms with E-state index in [0.29, 0.717) is 0 Å². The first-order valence-electron chi connectivity index (χ1n) is 6.93. The van der Waals surface area contributed by atoms with Gasteiger partial charge in [0.05, 0.1) is 0 Å². The Kier molecular flexibility index (Phi) is 3.80. The summed E-state index contributed by atoms with van der Waals surface area (Å²) in [6.45, 7) is 3.84. The van der Waals surface area contributed by atoms with Gasteiger partial charge in [-0.05, 0) is 34.8 Å². The topological polar surface area (TPSA) is 45.2 Å². The van der Waals surface area contributed by atoms with Crippen LogP contribution < -0.4 is 9.80 Å². The molecule has 21 heavy (non-hydrogen) atoms. The van der Waals surface area contributed by atoms with Crippen LogP contribution >= 0.6 is 15.9 Å². The van der Waals surface area contributed by atoms with Gasteiger partial charge in [0.2, 0.25) is 0 Å². The van der Waals surface area contributed by atoms with E-state index in [1.807, 2.05) is 26.5 Å². The van der Waals surface area contributed by atoms with Crippen molar-refractivity contribution in [2.75, 3.05) is 30.4 Å². The number of anilines is 2. The van der Waals surface area contributed by atoms with Crippen LogP contribution in [0.1, 0.15) is 16.7 Å². The maximum Gasteiger partial charge on any atom is 0.135 e. The summed E-state index contributed by atoms with van der Waals surface area (Å²) >= 11 is 3.63. The molecule has 1 aliphatic heterocycles. The average molecular weight is 348 g/mol. The van der Waals surface area contributed by atoms with Gasteiger partial charge < -0.3 is 9.80 Å². The van der Waals surface area contributed by atoms with E-state index < -0.39 is 0 Å². The van der Waals surface area contributed by atoms with Gasteiger partial charge >= 0.3 is 0 Å². The first-order valence-corrected chi connectivity index (χ1v) is 7.72. The van der Waals surface area contributed by atoms with Crippen LogP contribution in [0.5, 0.6) is 0 Å². The van der Waals surface area contributed by atoms with E-state index in [1.54, 1.807) is 6.33 Å². The molecule has 0 saturated heterocycles. The molecular weight excluding hydrogens is 330 g/mol. The van der Waals surface area contributed by atoms with Crippen LogP contribution in [0.3, 0.4) is 0 Å². The predicted molar refractivity (Wildman–Crippen MR) is 87.8 cm³/mol. The molecule has 0 spiro atoms. The number of aryl methyl sites for hydroxylation is 1. The average Bonchev–Trinajstić information content (AvgIpc) is 2.47. The Labute approximate surface area is 133 Å². The molecule has 1 aliphatic rings. The molecule has 6 heteroatoms. The van der Waals surface area contributed by atoms with Crippen molar-refractivity contribution in [2.45, 2.75) is 19.9 Å². The van der Waals surface area contributed by atoms with Gasteiger partial charge in [0.25, 0.3) is 0 Å². The third kappa shape index (κ3) is 2.60. The summed E-state index contributed by atoms with van der Waals surface area (Å²) in [5, 5.41) is 0. The SMILES string of the molecule is Cc1cncnc1N1CCc2c(Br)cnc(N(C)C)c2C1. The standard InChI is InChI=1S/C15H18BrN5/c1-10-6-17-9-19-14(10)21-5-4-11-12(8-21)15(20(2)3)18-7-13(11)16/h6-7,9H,4-5,8H2,1-3H3. The van der Waals surface area contributed by atoms with Crippen LogP contribution in [0.15, 0.2) is 23.2 Å². The maximum absolute atomic E-state index is 4.56. The molecule has 0 amide bonds. The van der Waals surface area contributed by atoms with E-state index in [-0.39, 0.29) is 0 Å². The number of halogens is 1. The predicted octanol–water partition coefficient (Wildman–Crippen LogP) is 2.57. The number of pyridine rings is 1. The number of fused-ring (bicyclic) bond motifs is 1. The summed E-state index contributed by atoms with van der Waals surface area (Å²) in [6.07, 6.45) is 6.37. The van der Waals surface area contributed by atoms with Crippen LogP contribution in [-0.2, 0) is 13.0 Å². The molecule has 110 valence electrons. The second kappa shape index (κ2) is 5.60. The summed E-state index contributed by atoms with van der Waals surface area (Å²) in [5.41, 5.74) is 3.74. The molecule has 0 bridgehead atoms. The van der Waals surface area contributed by atoms with Gasteiger partial charge in [-0.25, -0.2) is 15.0 Å². The number of aromatic nitrogens is 3. The van der Waals surface area contributed by atoms with Crippen molar-refractivity contribution < 1.29 is 0 Å². The number of hydrogen-bond donors (Lipinski definition) is 0. The lowest BCUT2D eigenvalue weighted by Gasteiger charge is -2.33. The van der Waals surface area contributed by atoms with Crippen LogP contribution in [0.2, 0.25) is 0 Å². The van der Waals surface area contributed by atoms with Gasteiger partial charge in [-0.15, -0.1) is 0 Å². The van der Waals surface area contributed by atoms with Gasteiger partial charge in [0.15, 0.2) is 0 Å². The third-order valence-corrected chi connectivity index (χ3v) is 4.48. The van der Waals surface area contributed by atoms with E-state index in [2.05, 4.69) is 47.6 Å². The molecule has 0 atom stereocenters. The normalized spacial score (nSPS) is 14.0. The lowest BCUT2D eigenvalue weighted by molar-refractivity contribution is 0.707. The van der Waals surface area contributed by atoms with Crippen molar-refractivity contribution in [1.82, 2.24) is 15.0 Å². The lowest BCUT2D eigenvalue weighted by atomic mass is 10.0. The van der Waals surface area contributed by atoms with E-state index in [4.69, 9.17) is 0 Å². The molecule has 0 N–H and O–H groups in total. The number of nitrogens with zero attached hydrogens (tertiary/aromatic N) is 5. The molecule has 0 aromatic carbocycles. The first-order chi connectivity index (χ1) is 10.1. The quantitative estimate of drug-likeness (QED) is 0.835. The van der Waals surface area contributed by atoms with Crippen LogP contribution in [0.25, 0.3) is 0 Å². The molecule has 3 heterocycles. The van der Waals surface area contributed by atoms with Crippen molar-refractivity contribution in [3.63, 3.8) is 0 Å². The van der Waals surface area contributed by atoms with Gasteiger partial charge in [-0.2, -0.15) is 0 Å². The Hall–Kier alpha value is -1.69. The molecule has 5 nitrogen and oxygen atoms in total. The zero-order valence-electron chi connectivity index (χ0n) is 12.5. The van der Waals surface area contributed by atoms with E-state index in [0.717, 1.165) is 41.2 Å². The molecule has 0 radical (unpaired) electrons. The monoisotopic (exact) mass is 347 g/mol. The molecule has 0 fully saturated rings. The van der Waals surface area contributed by atoms with Crippen LogP contribution in [0.4, 0.5) is 11.6 Å². The van der Waals surface area contributed by atoms with Crippen molar-refractivity contribution in [3.05, 3.63) is 39.9 Å². The van der Waals surface area contributed by atoms with Crippen molar-refractivity contribution >= 4 is 27.6 Å². The van der Waals surface area contributed by atoms with Crippen molar-refractivity contribution in [1.29, 1.82) is 0 Å². The fraction of sp³-hybridized carbons (Fsp3) is 0.400. The molecular formula is C15H18BrN5. The van der Waals surface area contributed by atoms with Gasteiger partial charge in [0.1, 0.15) is 18.0 Å². The summed E-state index contributed by atoms with van der Waals surface area (Å²) in [4.78, 5) is 17.5. The van der Waals surface area contributed by atoms with Crippen molar-refractivity contribution in [2.24, 2.45) is 0 Å². The van der Waals surface area contributed by atoms with E-state index >= 15 is 0 Å². The Bertz CT molecular complexity index is 671. The zero-order chi connectivity index (χ0) is 15.0. The molecule has 2 aromatic heterocycles. The molecule has 0 unspecified atom stereocenters. The molecule has 0 saturated carbocycles. The van der Waals surface area contributed by atoms with Gasteiger partial charge in [-0.1, -0.05) is 0 Å². The minimum absolute atomic E-state index is 0.827. The molecule has 0 aliphatic carbocycles. The Morgan fingerprint density at radius 2 is 2.00 bits per heavy atom. The summed E-state index contributed by atoms with van der Waals surface area (Å²) in [5.74, 6) is 2.05. The minimum Gasteiger partial charge on any atom is -0.362 e. The highest BCUT2D eigenvalue weighted by Gasteiger charge is 2.24. The lowest BCUT2D eigenvalue weighted by Crippen LogP contribution is -2.33. The number of rotatable bonds is 2. The van der Waals surface area contributed by atoms with Gasteiger partial charge in [-0.3, -0.25) is 0 Å². The van der Waals surface area contributed by atoms with Gasteiger partial charge in [0, 0.05) is 55.2 Å². The first kappa shape index (κ1) is 14.3. The maximum atomic E-state index is 4.56. The fourth-order valence-electron chi connectivity index (χ4n) is 2.80. The highest BCUT2D eigenvalue weighted by atomic mass is 79.9. The van der Waals surface area contributed by atoms with Crippen LogP contribution in [-0.4, -0.2) is 35.6 Å². The largest absolute Gasteiger partial charge is 0.362 e. The van der Waals surface area contributed by atoms with Crippen LogP contribution in [0, 0.1) is 6.92 Å². The number of hydrogen-bond acceptors (Lipinski definition) is 5. The smallest absolute Gasteiger partial charge is 0.135 e.